The Labute approximate surface area is 170 Å². The highest BCUT2D eigenvalue weighted by Crippen LogP contribution is 2.40. The number of amides is 2. The fourth-order valence-corrected chi connectivity index (χ4v) is 6.37. The van der Waals surface area contributed by atoms with Gasteiger partial charge in [0.1, 0.15) is 9.88 Å². The molecule has 2 aromatic heterocycles. The van der Waals surface area contributed by atoms with Crippen LogP contribution < -0.4 is 11.1 Å². The molecule has 0 radical (unpaired) electrons. The largest absolute Gasteiger partial charge is 0.365 e. The molecule has 0 unspecified atom stereocenters. The van der Waals surface area contributed by atoms with Crippen LogP contribution in [0.2, 0.25) is 5.02 Å². The summed E-state index contributed by atoms with van der Waals surface area (Å²) in [6.07, 6.45) is 5.06. The van der Waals surface area contributed by atoms with Crippen LogP contribution in [-0.4, -0.2) is 11.8 Å². The normalized spacial score (nSPS) is 14.0. The molecule has 27 heavy (non-hydrogen) atoms. The van der Waals surface area contributed by atoms with Crippen LogP contribution in [0.1, 0.15) is 55.3 Å². The standard InChI is InChI=1S/C20H19ClN2O2S2/c1-10-7-8-12-14(9-10)26-17(16(12)21)19(25)23-20-15(18(22)24)11-5-3-2-4-6-13(11)27-20/h7-9H,2-6H2,1H3,(H2,22,24)(H,23,25). The Morgan fingerprint density at radius 2 is 1.93 bits per heavy atom. The Balaban J connectivity index is 1.71. The first-order valence-electron chi connectivity index (χ1n) is 8.90. The maximum atomic E-state index is 12.9. The van der Waals surface area contributed by atoms with E-state index in [4.69, 9.17) is 17.3 Å². The van der Waals surface area contributed by atoms with Gasteiger partial charge in [0.25, 0.3) is 11.8 Å². The molecule has 3 aromatic rings. The Hall–Kier alpha value is -1.89. The second-order valence-electron chi connectivity index (χ2n) is 6.83. The van der Waals surface area contributed by atoms with Crippen LogP contribution in [0.4, 0.5) is 5.00 Å². The van der Waals surface area contributed by atoms with Crippen molar-refractivity contribution >= 4 is 61.2 Å². The number of carbonyl (C=O) groups is 2. The SMILES string of the molecule is Cc1ccc2c(Cl)c(C(=O)Nc3sc4c(c3C(N)=O)CCCCC4)sc2c1. The Morgan fingerprint density at radius 3 is 2.70 bits per heavy atom. The third kappa shape index (κ3) is 3.37. The van der Waals surface area contributed by atoms with Gasteiger partial charge in [-0.2, -0.15) is 0 Å². The molecule has 1 aliphatic carbocycles. The van der Waals surface area contributed by atoms with Gasteiger partial charge in [0.2, 0.25) is 0 Å². The van der Waals surface area contributed by atoms with Crippen molar-refractivity contribution in [3.8, 4) is 0 Å². The van der Waals surface area contributed by atoms with E-state index >= 15 is 0 Å². The number of aryl methyl sites for hydroxylation is 2. The molecule has 4 nitrogen and oxygen atoms in total. The summed E-state index contributed by atoms with van der Waals surface area (Å²) in [5.41, 5.74) is 8.25. The zero-order valence-corrected chi connectivity index (χ0v) is 17.2. The van der Waals surface area contributed by atoms with E-state index in [1.54, 1.807) is 0 Å². The van der Waals surface area contributed by atoms with Gasteiger partial charge in [-0.15, -0.1) is 22.7 Å². The number of thiophene rings is 2. The molecule has 0 aliphatic heterocycles. The van der Waals surface area contributed by atoms with Crippen LogP contribution in [0.3, 0.4) is 0 Å². The van der Waals surface area contributed by atoms with Gasteiger partial charge in [-0.3, -0.25) is 9.59 Å². The third-order valence-electron chi connectivity index (χ3n) is 4.89. The van der Waals surface area contributed by atoms with Crippen molar-refractivity contribution in [2.45, 2.75) is 39.0 Å². The average Bonchev–Trinajstić information content (AvgIpc) is 3.03. The van der Waals surface area contributed by atoms with Crippen molar-refractivity contribution in [2.24, 2.45) is 5.73 Å². The van der Waals surface area contributed by atoms with E-state index in [-0.39, 0.29) is 5.91 Å². The fourth-order valence-electron chi connectivity index (χ4n) is 3.57. The van der Waals surface area contributed by atoms with Gasteiger partial charge < -0.3 is 11.1 Å². The Bertz CT molecular complexity index is 1070. The minimum atomic E-state index is -0.484. The van der Waals surface area contributed by atoms with Crippen LogP contribution in [0, 0.1) is 6.92 Å². The minimum Gasteiger partial charge on any atom is -0.365 e. The van der Waals surface area contributed by atoms with Crippen molar-refractivity contribution in [1.29, 1.82) is 0 Å². The Morgan fingerprint density at radius 1 is 1.15 bits per heavy atom. The summed E-state index contributed by atoms with van der Waals surface area (Å²) in [5.74, 6) is -0.777. The lowest BCUT2D eigenvalue weighted by molar-refractivity contribution is 0.100. The van der Waals surface area contributed by atoms with Gasteiger partial charge in [-0.25, -0.2) is 0 Å². The first kappa shape index (κ1) is 18.5. The van der Waals surface area contributed by atoms with E-state index in [1.807, 2.05) is 25.1 Å². The summed E-state index contributed by atoms with van der Waals surface area (Å²) < 4.78 is 0.974. The summed E-state index contributed by atoms with van der Waals surface area (Å²) in [4.78, 5) is 26.6. The minimum absolute atomic E-state index is 0.294. The van der Waals surface area contributed by atoms with Crippen molar-refractivity contribution in [3.05, 3.63) is 49.7 Å². The maximum Gasteiger partial charge on any atom is 0.267 e. The molecular formula is C20H19ClN2O2S2. The highest BCUT2D eigenvalue weighted by atomic mass is 35.5. The molecule has 2 heterocycles. The van der Waals surface area contributed by atoms with Crippen molar-refractivity contribution < 1.29 is 9.59 Å². The van der Waals surface area contributed by atoms with Crippen LogP contribution in [0.15, 0.2) is 18.2 Å². The van der Waals surface area contributed by atoms with E-state index in [9.17, 15) is 9.59 Å². The number of fused-ring (bicyclic) bond motifs is 2. The molecular weight excluding hydrogens is 400 g/mol. The van der Waals surface area contributed by atoms with E-state index in [1.165, 1.54) is 22.7 Å². The lowest BCUT2D eigenvalue weighted by Crippen LogP contribution is -2.17. The number of benzene rings is 1. The third-order valence-corrected chi connectivity index (χ3v) is 7.75. The van der Waals surface area contributed by atoms with Gasteiger partial charge in [-0.05, 0) is 49.8 Å². The van der Waals surface area contributed by atoms with E-state index in [0.29, 0.717) is 20.5 Å². The van der Waals surface area contributed by atoms with Crippen molar-refractivity contribution in [1.82, 2.24) is 0 Å². The summed E-state index contributed by atoms with van der Waals surface area (Å²) in [6, 6.07) is 5.93. The number of anilines is 1. The zero-order chi connectivity index (χ0) is 19.1. The smallest absolute Gasteiger partial charge is 0.267 e. The van der Waals surface area contributed by atoms with Crippen LogP contribution in [0.25, 0.3) is 10.1 Å². The first-order valence-corrected chi connectivity index (χ1v) is 10.9. The number of nitrogens with two attached hydrogens (primary N) is 1. The molecule has 140 valence electrons. The Kier molecular flexibility index (Phi) is 4.97. The topological polar surface area (TPSA) is 72.2 Å². The monoisotopic (exact) mass is 418 g/mol. The number of nitrogens with one attached hydrogen (secondary N) is 1. The molecule has 0 saturated carbocycles. The fraction of sp³-hybridized carbons (Fsp3) is 0.300. The molecule has 4 rings (SSSR count). The molecule has 0 bridgehead atoms. The number of primary amides is 1. The second kappa shape index (κ2) is 7.26. The van der Waals surface area contributed by atoms with E-state index in [2.05, 4.69) is 5.32 Å². The molecule has 1 aromatic carbocycles. The molecule has 3 N–H and O–H groups in total. The van der Waals surface area contributed by atoms with E-state index < -0.39 is 5.91 Å². The van der Waals surface area contributed by atoms with Crippen molar-refractivity contribution in [2.75, 3.05) is 5.32 Å². The van der Waals surface area contributed by atoms with Gasteiger partial charge in [-0.1, -0.05) is 30.2 Å². The molecule has 2 amide bonds. The van der Waals surface area contributed by atoms with Crippen LogP contribution >= 0.6 is 34.3 Å². The average molecular weight is 419 g/mol. The highest BCUT2D eigenvalue weighted by molar-refractivity contribution is 7.22. The molecule has 0 saturated heterocycles. The van der Waals surface area contributed by atoms with Crippen molar-refractivity contribution in [3.63, 3.8) is 0 Å². The number of carbonyl (C=O) groups excluding carboxylic acids is 2. The summed E-state index contributed by atoms with van der Waals surface area (Å²) >= 11 is 9.29. The molecule has 1 aliphatic rings. The predicted molar refractivity (Wildman–Crippen MR) is 114 cm³/mol. The van der Waals surface area contributed by atoms with Gasteiger partial charge in [0, 0.05) is 15.0 Å². The summed E-state index contributed by atoms with van der Waals surface area (Å²) in [5, 5.41) is 4.77. The lowest BCUT2D eigenvalue weighted by atomic mass is 10.1. The summed E-state index contributed by atoms with van der Waals surface area (Å²) in [6.45, 7) is 2.00. The maximum absolute atomic E-state index is 12.9. The van der Waals surface area contributed by atoms with Crippen LogP contribution in [-0.2, 0) is 12.8 Å². The number of rotatable bonds is 3. The van der Waals surface area contributed by atoms with E-state index in [0.717, 1.165) is 58.2 Å². The first-order chi connectivity index (χ1) is 13.0. The van der Waals surface area contributed by atoms with Gasteiger partial charge in [0.05, 0.1) is 10.6 Å². The molecule has 0 atom stereocenters. The van der Waals surface area contributed by atoms with Gasteiger partial charge in [0.15, 0.2) is 0 Å². The number of halogens is 1. The number of hydrogen-bond acceptors (Lipinski definition) is 4. The quantitative estimate of drug-likeness (QED) is 0.547. The zero-order valence-electron chi connectivity index (χ0n) is 14.9. The summed E-state index contributed by atoms with van der Waals surface area (Å²) in [7, 11) is 0. The lowest BCUT2D eigenvalue weighted by Gasteiger charge is -2.05. The van der Waals surface area contributed by atoms with Gasteiger partial charge >= 0.3 is 0 Å². The van der Waals surface area contributed by atoms with Crippen LogP contribution in [0.5, 0.6) is 0 Å². The molecule has 0 fully saturated rings. The highest BCUT2D eigenvalue weighted by Gasteiger charge is 2.26. The predicted octanol–water partition coefficient (Wildman–Crippen LogP) is 5.54. The molecule has 7 heteroatoms. The molecule has 0 spiro atoms. The number of hydrogen-bond donors (Lipinski definition) is 2. The second-order valence-corrected chi connectivity index (χ2v) is 9.37.